The van der Waals surface area contributed by atoms with Crippen LogP contribution in [0.15, 0.2) is 36.4 Å². The van der Waals surface area contributed by atoms with Gasteiger partial charge in [0.1, 0.15) is 6.61 Å². The average Bonchev–Trinajstić information content (AvgIpc) is 2.82. The van der Waals surface area contributed by atoms with Crippen molar-refractivity contribution in [3.05, 3.63) is 56.7 Å². The van der Waals surface area contributed by atoms with Crippen LogP contribution in [-0.2, 0) is 18.0 Å². The first kappa shape index (κ1) is 13.1. The molecule has 0 amide bonds. The Balaban J connectivity index is 1.94. The number of rotatable bonds is 4. The van der Waals surface area contributed by atoms with Crippen LogP contribution in [0.25, 0.3) is 0 Å². The molecule has 0 saturated carbocycles. The molecule has 1 heterocycles. The zero-order valence-corrected chi connectivity index (χ0v) is 11.0. The fraction of sp³-hybridized carbons (Fsp3) is 0.154. The number of carbonyl (C=O) groups excluding carboxylic acids is 1. The van der Waals surface area contributed by atoms with Crippen molar-refractivity contribution in [3.8, 4) is 0 Å². The van der Waals surface area contributed by atoms with Crippen molar-refractivity contribution in [2.75, 3.05) is 0 Å². The molecule has 2 rings (SSSR count). The Hall–Kier alpha value is -1.36. The van der Waals surface area contributed by atoms with Crippen molar-refractivity contribution in [1.82, 2.24) is 0 Å². The Labute approximate surface area is 114 Å². The molecule has 0 aliphatic rings. The lowest BCUT2D eigenvalue weighted by molar-refractivity contribution is 0.0476. The zero-order chi connectivity index (χ0) is 13.0. The van der Waals surface area contributed by atoms with Gasteiger partial charge in [-0.3, -0.25) is 0 Å². The molecule has 2 aromatic rings. The molecule has 1 aromatic heterocycles. The van der Waals surface area contributed by atoms with Gasteiger partial charge in [-0.05, 0) is 29.8 Å². The summed E-state index contributed by atoms with van der Waals surface area (Å²) in [6.07, 6.45) is 0. The summed E-state index contributed by atoms with van der Waals surface area (Å²) in [4.78, 5) is 12.6. The van der Waals surface area contributed by atoms with E-state index in [1.54, 1.807) is 30.3 Å². The molecule has 0 atom stereocenters. The Kier molecular flexibility index (Phi) is 4.36. The number of carbonyl (C=O) groups is 1. The fourth-order valence-electron chi connectivity index (χ4n) is 1.40. The summed E-state index contributed by atoms with van der Waals surface area (Å²) in [5.41, 5.74) is 1.23. The van der Waals surface area contributed by atoms with E-state index in [-0.39, 0.29) is 19.2 Å². The highest BCUT2D eigenvalue weighted by atomic mass is 35.5. The number of hydrogen-bond acceptors (Lipinski definition) is 4. The van der Waals surface area contributed by atoms with E-state index in [0.29, 0.717) is 9.90 Å². The van der Waals surface area contributed by atoms with Gasteiger partial charge in [0, 0.05) is 4.88 Å². The van der Waals surface area contributed by atoms with E-state index in [4.69, 9.17) is 21.4 Å². The molecule has 0 spiro atoms. The zero-order valence-electron chi connectivity index (χ0n) is 9.43. The number of aliphatic hydroxyl groups is 1. The topological polar surface area (TPSA) is 46.5 Å². The predicted octanol–water partition coefficient (Wildman–Crippen LogP) is 3.25. The largest absolute Gasteiger partial charge is 0.456 e. The maximum absolute atomic E-state index is 11.7. The average molecular weight is 283 g/mol. The monoisotopic (exact) mass is 282 g/mol. The summed E-state index contributed by atoms with van der Waals surface area (Å²) in [6.45, 7) is 0.182. The second-order valence-corrected chi connectivity index (χ2v) is 5.44. The highest BCUT2D eigenvalue weighted by Gasteiger charge is 2.08. The Bertz CT molecular complexity index is 533. The Morgan fingerprint density at radius 1 is 1.22 bits per heavy atom. The molecule has 0 fully saturated rings. The quantitative estimate of drug-likeness (QED) is 0.876. The van der Waals surface area contributed by atoms with E-state index in [1.165, 1.54) is 11.3 Å². The van der Waals surface area contributed by atoms with Gasteiger partial charge in [0.2, 0.25) is 0 Å². The van der Waals surface area contributed by atoms with Crippen molar-refractivity contribution < 1.29 is 14.6 Å². The number of aliphatic hydroxyl groups excluding tert-OH is 1. The van der Waals surface area contributed by atoms with Gasteiger partial charge in [0.05, 0.1) is 16.5 Å². The highest BCUT2D eigenvalue weighted by Crippen LogP contribution is 2.22. The molecule has 0 radical (unpaired) electrons. The SMILES string of the molecule is O=C(OCc1ccc(Cl)s1)c1ccc(CO)cc1. The second-order valence-electron chi connectivity index (χ2n) is 3.64. The third-order valence-electron chi connectivity index (χ3n) is 2.35. The van der Waals surface area contributed by atoms with Crippen molar-refractivity contribution in [2.45, 2.75) is 13.2 Å². The lowest BCUT2D eigenvalue weighted by atomic mass is 10.1. The Morgan fingerprint density at radius 3 is 2.50 bits per heavy atom. The van der Waals surface area contributed by atoms with Crippen LogP contribution in [0.2, 0.25) is 4.34 Å². The minimum atomic E-state index is -0.385. The van der Waals surface area contributed by atoms with Crippen LogP contribution in [0.1, 0.15) is 20.8 Å². The maximum atomic E-state index is 11.7. The van der Waals surface area contributed by atoms with Crippen molar-refractivity contribution >= 4 is 28.9 Å². The van der Waals surface area contributed by atoms with Gasteiger partial charge in [-0.15, -0.1) is 11.3 Å². The molecule has 0 saturated heterocycles. The molecule has 1 N–H and O–H groups in total. The lowest BCUT2D eigenvalue weighted by Gasteiger charge is -2.03. The minimum Gasteiger partial charge on any atom is -0.456 e. The van der Waals surface area contributed by atoms with Crippen LogP contribution in [0.4, 0.5) is 0 Å². The first-order valence-electron chi connectivity index (χ1n) is 5.30. The number of thiophene rings is 1. The molecule has 1 aromatic carbocycles. The van der Waals surface area contributed by atoms with Crippen LogP contribution in [-0.4, -0.2) is 11.1 Å². The van der Waals surface area contributed by atoms with Gasteiger partial charge in [-0.1, -0.05) is 23.7 Å². The summed E-state index contributed by atoms with van der Waals surface area (Å²) >= 11 is 7.17. The summed E-state index contributed by atoms with van der Waals surface area (Å²) in [5, 5.41) is 8.89. The Morgan fingerprint density at radius 2 is 1.94 bits per heavy atom. The van der Waals surface area contributed by atoms with Crippen molar-refractivity contribution in [2.24, 2.45) is 0 Å². The van der Waals surface area contributed by atoms with E-state index < -0.39 is 0 Å². The highest BCUT2D eigenvalue weighted by molar-refractivity contribution is 7.16. The maximum Gasteiger partial charge on any atom is 0.338 e. The van der Waals surface area contributed by atoms with Crippen LogP contribution in [0.3, 0.4) is 0 Å². The van der Waals surface area contributed by atoms with Gasteiger partial charge >= 0.3 is 5.97 Å². The van der Waals surface area contributed by atoms with E-state index in [9.17, 15) is 4.79 Å². The number of esters is 1. The molecular weight excluding hydrogens is 272 g/mol. The van der Waals surface area contributed by atoms with E-state index in [0.717, 1.165) is 10.4 Å². The summed E-state index contributed by atoms with van der Waals surface area (Å²) in [7, 11) is 0. The van der Waals surface area contributed by atoms with Crippen LogP contribution in [0, 0.1) is 0 Å². The standard InChI is InChI=1S/C13H11ClO3S/c14-12-6-5-11(18-12)8-17-13(16)10-3-1-9(7-15)2-4-10/h1-6,15H,7-8H2. The van der Waals surface area contributed by atoms with Gasteiger partial charge in [-0.25, -0.2) is 4.79 Å². The lowest BCUT2D eigenvalue weighted by Crippen LogP contribution is -2.04. The van der Waals surface area contributed by atoms with Crippen LogP contribution in [0.5, 0.6) is 0 Å². The smallest absolute Gasteiger partial charge is 0.338 e. The number of benzene rings is 1. The first-order valence-corrected chi connectivity index (χ1v) is 6.49. The number of hydrogen-bond donors (Lipinski definition) is 1. The molecule has 0 bridgehead atoms. The van der Waals surface area contributed by atoms with Crippen LogP contribution >= 0.6 is 22.9 Å². The molecule has 0 unspecified atom stereocenters. The first-order chi connectivity index (χ1) is 8.69. The van der Waals surface area contributed by atoms with Gasteiger partial charge in [0.15, 0.2) is 0 Å². The molecule has 94 valence electrons. The molecule has 5 heteroatoms. The number of halogens is 1. The normalized spacial score (nSPS) is 10.3. The van der Waals surface area contributed by atoms with Gasteiger partial charge in [0.25, 0.3) is 0 Å². The summed E-state index contributed by atoms with van der Waals surface area (Å²) in [5.74, 6) is -0.385. The molecule has 0 aliphatic heterocycles. The predicted molar refractivity (Wildman–Crippen MR) is 70.8 cm³/mol. The second kappa shape index (κ2) is 6.00. The van der Waals surface area contributed by atoms with E-state index >= 15 is 0 Å². The van der Waals surface area contributed by atoms with Gasteiger partial charge < -0.3 is 9.84 Å². The summed E-state index contributed by atoms with van der Waals surface area (Å²) in [6, 6.07) is 10.3. The van der Waals surface area contributed by atoms with Crippen LogP contribution < -0.4 is 0 Å². The molecular formula is C13H11ClO3S. The van der Waals surface area contributed by atoms with Gasteiger partial charge in [-0.2, -0.15) is 0 Å². The summed E-state index contributed by atoms with van der Waals surface area (Å²) < 4.78 is 5.83. The fourth-order valence-corrected chi connectivity index (χ4v) is 2.40. The third-order valence-corrected chi connectivity index (χ3v) is 3.55. The molecule has 0 aliphatic carbocycles. The number of ether oxygens (including phenoxy) is 1. The molecule has 18 heavy (non-hydrogen) atoms. The third kappa shape index (κ3) is 3.32. The van der Waals surface area contributed by atoms with E-state index in [1.807, 2.05) is 6.07 Å². The van der Waals surface area contributed by atoms with Crippen molar-refractivity contribution in [1.29, 1.82) is 0 Å². The van der Waals surface area contributed by atoms with E-state index in [2.05, 4.69) is 0 Å². The molecule has 3 nitrogen and oxygen atoms in total. The van der Waals surface area contributed by atoms with Crippen molar-refractivity contribution in [3.63, 3.8) is 0 Å². The minimum absolute atomic E-state index is 0.0387.